The van der Waals surface area contributed by atoms with Gasteiger partial charge in [-0.15, -0.1) is 0 Å². The predicted molar refractivity (Wildman–Crippen MR) is 73.6 cm³/mol. The Morgan fingerprint density at radius 3 is 2.79 bits per heavy atom. The fraction of sp³-hybridized carbons (Fsp3) is 0.455. The minimum absolute atomic E-state index is 0.462. The van der Waals surface area contributed by atoms with Crippen LogP contribution in [0.25, 0.3) is 0 Å². The normalized spacial score (nSPS) is 12.9. The number of hydrogen-bond acceptors (Lipinski definition) is 1. The average molecular weight is 368 g/mol. The van der Waals surface area contributed by atoms with Gasteiger partial charge in [0.15, 0.2) is 0 Å². The molecule has 0 aliphatic rings. The molecule has 0 saturated carbocycles. The molecule has 0 fully saturated rings. The van der Waals surface area contributed by atoms with E-state index in [9.17, 15) is 0 Å². The highest BCUT2D eigenvalue weighted by molar-refractivity contribution is 14.1. The highest BCUT2D eigenvalue weighted by atomic mass is 127. The summed E-state index contributed by atoms with van der Waals surface area (Å²) in [4.78, 5) is 0. The number of hydrogen-bond donors (Lipinski definition) is 1. The smallest absolute Gasteiger partial charge is 0.0329 e. The zero-order chi connectivity index (χ0) is 10.6. The molecule has 78 valence electrons. The molecule has 0 heterocycles. The van der Waals surface area contributed by atoms with E-state index >= 15 is 0 Å². The molecule has 1 nitrogen and oxygen atoms in total. The molecule has 0 spiro atoms. The van der Waals surface area contributed by atoms with E-state index in [2.05, 4.69) is 69.0 Å². The van der Waals surface area contributed by atoms with E-state index in [-0.39, 0.29) is 0 Å². The molecule has 3 heteroatoms. The highest BCUT2D eigenvalue weighted by Crippen LogP contribution is 2.27. The lowest BCUT2D eigenvalue weighted by Gasteiger charge is -2.17. The Morgan fingerprint density at radius 2 is 2.21 bits per heavy atom. The standard InChI is InChI=1S/C11H15BrIN/c1-3-4-11(14-2)9-7-8(13)5-6-10(9)12/h5-7,11,14H,3-4H2,1-2H3. The zero-order valence-electron chi connectivity index (χ0n) is 8.48. The van der Waals surface area contributed by atoms with Gasteiger partial charge in [-0.3, -0.25) is 0 Å². The van der Waals surface area contributed by atoms with Gasteiger partial charge in [-0.2, -0.15) is 0 Å². The predicted octanol–water partition coefficient (Wildman–Crippen LogP) is 4.11. The number of halogens is 2. The second-order valence-electron chi connectivity index (χ2n) is 3.30. The Hall–Kier alpha value is 0.390. The summed E-state index contributed by atoms with van der Waals surface area (Å²) in [6, 6.07) is 6.94. The van der Waals surface area contributed by atoms with Crippen LogP contribution in [0.15, 0.2) is 22.7 Å². The van der Waals surface area contributed by atoms with E-state index < -0.39 is 0 Å². The fourth-order valence-corrected chi connectivity index (χ4v) is 2.56. The molecule has 1 aromatic rings. The number of rotatable bonds is 4. The van der Waals surface area contributed by atoms with Gasteiger partial charge in [0, 0.05) is 14.1 Å². The van der Waals surface area contributed by atoms with Crippen LogP contribution in [0.2, 0.25) is 0 Å². The molecule has 0 aliphatic carbocycles. The lowest BCUT2D eigenvalue weighted by molar-refractivity contribution is 0.539. The summed E-state index contributed by atoms with van der Waals surface area (Å²) >= 11 is 5.95. The lowest BCUT2D eigenvalue weighted by atomic mass is 10.0. The third kappa shape index (κ3) is 3.21. The largest absolute Gasteiger partial charge is 0.313 e. The van der Waals surface area contributed by atoms with E-state index in [4.69, 9.17) is 0 Å². The summed E-state index contributed by atoms with van der Waals surface area (Å²) in [6.45, 7) is 2.21. The molecule has 0 saturated heterocycles. The van der Waals surface area contributed by atoms with Gasteiger partial charge < -0.3 is 5.32 Å². The molecule has 1 aromatic carbocycles. The van der Waals surface area contributed by atoms with Gasteiger partial charge in [0.2, 0.25) is 0 Å². The quantitative estimate of drug-likeness (QED) is 0.789. The molecule has 0 aliphatic heterocycles. The van der Waals surface area contributed by atoms with Crippen molar-refractivity contribution in [3.63, 3.8) is 0 Å². The van der Waals surface area contributed by atoms with Crippen LogP contribution in [0.4, 0.5) is 0 Å². The van der Waals surface area contributed by atoms with E-state index in [1.165, 1.54) is 26.4 Å². The first-order valence-electron chi connectivity index (χ1n) is 4.81. The summed E-state index contributed by atoms with van der Waals surface area (Å²) in [5.41, 5.74) is 1.36. The molecule has 1 atom stereocenters. The minimum Gasteiger partial charge on any atom is -0.313 e. The second kappa shape index (κ2) is 6.08. The monoisotopic (exact) mass is 367 g/mol. The third-order valence-electron chi connectivity index (χ3n) is 2.26. The van der Waals surface area contributed by atoms with Crippen LogP contribution in [-0.2, 0) is 0 Å². The Kier molecular flexibility index (Phi) is 5.41. The summed E-state index contributed by atoms with van der Waals surface area (Å²) in [5, 5.41) is 3.35. The third-order valence-corrected chi connectivity index (χ3v) is 3.65. The Morgan fingerprint density at radius 1 is 1.50 bits per heavy atom. The molecule has 1 N–H and O–H groups in total. The first kappa shape index (κ1) is 12.5. The molecule has 0 bridgehead atoms. The van der Waals surface area contributed by atoms with Crippen molar-refractivity contribution in [2.45, 2.75) is 25.8 Å². The molecule has 0 aromatic heterocycles. The molecular weight excluding hydrogens is 353 g/mol. The first-order valence-corrected chi connectivity index (χ1v) is 6.68. The second-order valence-corrected chi connectivity index (χ2v) is 5.40. The van der Waals surface area contributed by atoms with Crippen LogP contribution < -0.4 is 5.32 Å². The number of nitrogens with one attached hydrogen (secondary N) is 1. The summed E-state index contributed by atoms with van der Waals surface area (Å²) in [5.74, 6) is 0. The maximum Gasteiger partial charge on any atom is 0.0329 e. The van der Waals surface area contributed by atoms with E-state index in [0.717, 1.165) is 0 Å². The van der Waals surface area contributed by atoms with Gasteiger partial charge in [0.1, 0.15) is 0 Å². The summed E-state index contributed by atoms with van der Waals surface area (Å²) in [7, 11) is 2.02. The van der Waals surface area contributed by atoms with Gasteiger partial charge in [-0.25, -0.2) is 0 Å². The van der Waals surface area contributed by atoms with Gasteiger partial charge in [0.25, 0.3) is 0 Å². The maximum atomic E-state index is 3.60. The Labute approximate surface area is 108 Å². The van der Waals surface area contributed by atoms with Crippen molar-refractivity contribution in [1.29, 1.82) is 0 Å². The van der Waals surface area contributed by atoms with Crippen molar-refractivity contribution >= 4 is 38.5 Å². The van der Waals surface area contributed by atoms with Gasteiger partial charge in [0.05, 0.1) is 0 Å². The van der Waals surface area contributed by atoms with Crippen LogP contribution in [-0.4, -0.2) is 7.05 Å². The lowest BCUT2D eigenvalue weighted by Crippen LogP contribution is -2.16. The Bertz CT molecular complexity index is 301. The zero-order valence-corrected chi connectivity index (χ0v) is 12.2. The van der Waals surface area contributed by atoms with Crippen LogP contribution in [0.5, 0.6) is 0 Å². The van der Waals surface area contributed by atoms with Gasteiger partial charge in [-0.1, -0.05) is 29.3 Å². The molecule has 0 radical (unpaired) electrons. The van der Waals surface area contributed by atoms with Gasteiger partial charge >= 0.3 is 0 Å². The molecule has 14 heavy (non-hydrogen) atoms. The average Bonchev–Trinajstić information content (AvgIpc) is 2.18. The molecular formula is C11H15BrIN. The van der Waals surface area contributed by atoms with Crippen LogP contribution >= 0.6 is 38.5 Å². The van der Waals surface area contributed by atoms with Crippen molar-refractivity contribution in [3.8, 4) is 0 Å². The first-order chi connectivity index (χ1) is 6.69. The van der Waals surface area contributed by atoms with Crippen LogP contribution in [0.3, 0.4) is 0 Å². The van der Waals surface area contributed by atoms with Crippen molar-refractivity contribution in [2.24, 2.45) is 0 Å². The van der Waals surface area contributed by atoms with E-state index in [0.29, 0.717) is 6.04 Å². The van der Waals surface area contributed by atoms with Crippen molar-refractivity contribution in [3.05, 3.63) is 31.8 Å². The summed E-state index contributed by atoms with van der Waals surface area (Å²) < 4.78 is 2.49. The van der Waals surface area contributed by atoms with Crippen molar-refractivity contribution < 1.29 is 0 Å². The topological polar surface area (TPSA) is 12.0 Å². The summed E-state index contributed by atoms with van der Waals surface area (Å²) in [6.07, 6.45) is 2.37. The molecule has 0 amide bonds. The molecule has 1 unspecified atom stereocenters. The van der Waals surface area contributed by atoms with Crippen LogP contribution in [0.1, 0.15) is 31.4 Å². The van der Waals surface area contributed by atoms with E-state index in [1.54, 1.807) is 0 Å². The van der Waals surface area contributed by atoms with Crippen LogP contribution in [0, 0.1) is 3.57 Å². The fourth-order valence-electron chi connectivity index (χ4n) is 1.53. The Balaban J connectivity index is 2.96. The van der Waals surface area contributed by atoms with E-state index in [1.807, 2.05) is 7.05 Å². The highest BCUT2D eigenvalue weighted by Gasteiger charge is 2.11. The van der Waals surface area contributed by atoms with Crippen molar-refractivity contribution in [1.82, 2.24) is 5.32 Å². The van der Waals surface area contributed by atoms with Gasteiger partial charge in [-0.05, 0) is 59.8 Å². The maximum absolute atomic E-state index is 3.60. The SMILES string of the molecule is CCCC(NC)c1cc(I)ccc1Br. The minimum atomic E-state index is 0.462. The number of benzene rings is 1. The van der Waals surface area contributed by atoms with Crippen molar-refractivity contribution in [2.75, 3.05) is 7.05 Å². The molecule has 1 rings (SSSR count).